The van der Waals surface area contributed by atoms with Gasteiger partial charge in [0.1, 0.15) is 11.5 Å². The van der Waals surface area contributed by atoms with Crippen LogP contribution in [0.15, 0.2) is 55.1 Å². The number of nitrogens with one attached hydrogen (secondary N) is 1. The highest BCUT2D eigenvalue weighted by Crippen LogP contribution is 2.40. The summed E-state index contributed by atoms with van der Waals surface area (Å²) >= 11 is 0. The first-order valence-corrected chi connectivity index (χ1v) is 10.0. The average Bonchev–Trinajstić information content (AvgIpc) is 3.41. The Morgan fingerprint density at radius 1 is 1.03 bits per heavy atom. The smallest absolute Gasteiger partial charge is 0.137 e. The van der Waals surface area contributed by atoms with Crippen molar-refractivity contribution in [2.75, 3.05) is 7.11 Å². The minimum absolute atomic E-state index is 0.246. The van der Waals surface area contributed by atoms with E-state index in [1.807, 2.05) is 30.9 Å². The zero-order valence-corrected chi connectivity index (χ0v) is 16.3. The fraction of sp³-hybridized carbons (Fsp3) is 0.304. The lowest BCUT2D eigenvalue weighted by Crippen LogP contribution is -2.22. The van der Waals surface area contributed by atoms with Crippen LogP contribution in [-0.4, -0.2) is 32.7 Å². The molecular formula is C23H23FN4O. The Kier molecular flexibility index (Phi) is 4.64. The van der Waals surface area contributed by atoms with Crippen molar-refractivity contribution < 1.29 is 9.13 Å². The lowest BCUT2D eigenvalue weighted by atomic mass is 9.92. The van der Waals surface area contributed by atoms with Crippen LogP contribution in [0.4, 0.5) is 4.39 Å². The molecule has 0 aliphatic heterocycles. The predicted molar refractivity (Wildman–Crippen MR) is 111 cm³/mol. The zero-order chi connectivity index (χ0) is 19.8. The van der Waals surface area contributed by atoms with Gasteiger partial charge in [-0.15, -0.1) is 0 Å². The van der Waals surface area contributed by atoms with Crippen LogP contribution < -0.4 is 0 Å². The third-order valence-electron chi connectivity index (χ3n) is 6.00. The van der Waals surface area contributed by atoms with Gasteiger partial charge < -0.3 is 14.3 Å². The summed E-state index contributed by atoms with van der Waals surface area (Å²) in [5, 5.41) is 1.06. The van der Waals surface area contributed by atoms with Crippen LogP contribution in [0.1, 0.15) is 31.7 Å². The quantitative estimate of drug-likeness (QED) is 0.510. The highest BCUT2D eigenvalue weighted by Gasteiger charge is 2.26. The first kappa shape index (κ1) is 18.1. The van der Waals surface area contributed by atoms with Crippen LogP contribution in [0.5, 0.6) is 0 Å². The Bertz CT molecular complexity index is 1120. The lowest BCUT2D eigenvalue weighted by molar-refractivity contribution is 0.0586. The summed E-state index contributed by atoms with van der Waals surface area (Å²) in [6, 6.07) is 11.0. The first-order chi connectivity index (χ1) is 14.2. The average molecular weight is 390 g/mol. The Morgan fingerprint density at radius 2 is 1.83 bits per heavy atom. The number of hydrogen-bond donors (Lipinski definition) is 1. The molecule has 6 heteroatoms. The molecule has 0 amide bonds. The van der Waals surface area contributed by atoms with Crippen LogP contribution in [0.3, 0.4) is 0 Å². The van der Waals surface area contributed by atoms with E-state index in [4.69, 9.17) is 9.72 Å². The summed E-state index contributed by atoms with van der Waals surface area (Å²) in [6.07, 6.45) is 10.2. The van der Waals surface area contributed by atoms with E-state index in [9.17, 15) is 4.39 Å². The second-order valence-corrected chi connectivity index (χ2v) is 7.62. The van der Waals surface area contributed by atoms with Gasteiger partial charge in [0, 0.05) is 42.1 Å². The van der Waals surface area contributed by atoms with Crippen molar-refractivity contribution >= 4 is 11.0 Å². The molecule has 148 valence electrons. The SMILES string of the molecule is CO[C@H]1CC[C@H](n2cnc(-c3ccc(F)cc3)c2-c2ccnc3[nH]ccc23)CC1. The van der Waals surface area contributed by atoms with E-state index in [1.165, 1.54) is 12.1 Å². The molecule has 0 saturated heterocycles. The highest BCUT2D eigenvalue weighted by atomic mass is 19.1. The fourth-order valence-corrected chi connectivity index (χ4v) is 4.45. The third-order valence-corrected chi connectivity index (χ3v) is 6.00. The number of aromatic amines is 1. The maximum Gasteiger partial charge on any atom is 0.137 e. The van der Waals surface area contributed by atoms with Gasteiger partial charge in [-0.25, -0.2) is 14.4 Å². The van der Waals surface area contributed by atoms with Gasteiger partial charge in [0.15, 0.2) is 0 Å². The van der Waals surface area contributed by atoms with Gasteiger partial charge in [0.25, 0.3) is 0 Å². The largest absolute Gasteiger partial charge is 0.381 e. The fourth-order valence-electron chi connectivity index (χ4n) is 4.45. The van der Waals surface area contributed by atoms with E-state index in [-0.39, 0.29) is 5.82 Å². The minimum atomic E-state index is -0.246. The maximum absolute atomic E-state index is 13.5. The van der Waals surface area contributed by atoms with Crippen molar-refractivity contribution in [2.24, 2.45) is 0 Å². The Hall–Kier alpha value is -2.99. The molecule has 5 nitrogen and oxygen atoms in total. The highest BCUT2D eigenvalue weighted by molar-refractivity contribution is 5.95. The molecule has 3 aromatic heterocycles. The van der Waals surface area contributed by atoms with Gasteiger partial charge in [-0.05, 0) is 62.1 Å². The van der Waals surface area contributed by atoms with Gasteiger partial charge in [-0.3, -0.25) is 0 Å². The number of ether oxygens (including phenoxy) is 1. The molecule has 0 unspecified atom stereocenters. The molecular weight excluding hydrogens is 367 g/mol. The van der Waals surface area contributed by atoms with Crippen molar-refractivity contribution in [3.05, 3.63) is 60.9 Å². The number of imidazole rings is 1. The summed E-state index contributed by atoms with van der Waals surface area (Å²) in [4.78, 5) is 12.4. The molecule has 0 bridgehead atoms. The summed E-state index contributed by atoms with van der Waals surface area (Å²) in [6.45, 7) is 0. The van der Waals surface area contributed by atoms with E-state index in [0.29, 0.717) is 12.1 Å². The van der Waals surface area contributed by atoms with Gasteiger partial charge in [-0.1, -0.05) is 0 Å². The second kappa shape index (κ2) is 7.44. The van der Waals surface area contributed by atoms with E-state index in [2.05, 4.69) is 14.5 Å². The number of nitrogens with zero attached hydrogens (tertiary/aromatic N) is 3. The number of aromatic nitrogens is 4. The standard InChI is InChI=1S/C23H23FN4O/c1-29-18-8-6-17(7-9-18)28-14-27-21(15-2-4-16(24)5-3-15)22(28)19-10-12-25-23-20(19)11-13-26-23/h2-5,10-14,17-18H,6-9H2,1H3,(H,25,26)/t17-,18-. The molecule has 0 spiro atoms. The van der Waals surface area contributed by atoms with Crippen molar-refractivity contribution in [3.8, 4) is 22.5 Å². The molecule has 29 heavy (non-hydrogen) atoms. The van der Waals surface area contributed by atoms with E-state index in [0.717, 1.165) is 59.2 Å². The maximum atomic E-state index is 13.5. The molecule has 1 aliphatic rings. The Morgan fingerprint density at radius 3 is 2.59 bits per heavy atom. The van der Waals surface area contributed by atoms with Crippen LogP contribution in [0, 0.1) is 5.82 Å². The minimum Gasteiger partial charge on any atom is -0.381 e. The summed E-state index contributed by atoms with van der Waals surface area (Å²) < 4.78 is 21.4. The van der Waals surface area contributed by atoms with Crippen molar-refractivity contribution in [3.63, 3.8) is 0 Å². The Labute approximate surface area is 168 Å². The van der Waals surface area contributed by atoms with Crippen molar-refractivity contribution in [1.29, 1.82) is 0 Å². The normalized spacial score (nSPS) is 19.7. The summed E-state index contributed by atoms with van der Waals surface area (Å²) in [5.74, 6) is -0.246. The van der Waals surface area contributed by atoms with Crippen LogP contribution in [0.2, 0.25) is 0 Å². The molecule has 1 aromatic carbocycles. The second-order valence-electron chi connectivity index (χ2n) is 7.62. The van der Waals surface area contributed by atoms with E-state index in [1.54, 1.807) is 19.2 Å². The van der Waals surface area contributed by atoms with Crippen LogP contribution in [-0.2, 0) is 4.74 Å². The molecule has 1 aliphatic carbocycles. The zero-order valence-electron chi connectivity index (χ0n) is 16.3. The predicted octanol–water partition coefficient (Wildman–Crippen LogP) is 5.36. The summed E-state index contributed by atoms with van der Waals surface area (Å²) in [7, 11) is 1.79. The number of rotatable bonds is 4. The first-order valence-electron chi connectivity index (χ1n) is 10.0. The van der Waals surface area contributed by atoms with Gasteiger partial charge in [0.2, 0.25) is 0 Å². The molecule has 1 fully saturated rings. The Balaban J connectivity index is 1.66. The molecule has 3 heterocycles. The number of fused-ring (bicyclic) bond motifs is 1. The van der Waals surface area contributed by atoms with E-state index >= 15 is 0 Å². The van der Waals surface area contributed by atoms with Gasteiger partial charge >= 0.3 is 0 Å². The number of hydrogen-bond acceptors (Lipinski definition) is 3. The molecule has 0 radical (unpaired) electrons. The molecule has 1 N–H and O–H groups in total. The molecule has 4 aromatic rings. The molecule has 5 rings (SSSR count). The van der Waals surface area contributed by atoms with Crippen molar-refractivity contribution in [1.82, 2.24) is 19.5 Å². The molecule has 1 saturated carbocycles. The van der Waals surface area contributed by atoms with Gasteiger partial charge in [-0.2, -0.15) is 0 Å². The lowest BCUT2D eigenvalue weighted by Gasteiger charge is -2.29. The number of benzene rings is 1. The van der Waals surface area contributed by atoms with Gasteiger partial charge in [0.05, 0.1) is 23.8 Å². The number of pyridine rings is 1. The third kappa shape index (κ3) is 3.23. The van der Waals surface area contributed by atoms with Crippen molar-refractivity contribution in [2.45, 2.75) is 37.8 Å². The monoisotopic (exact) mass is 390 g/mol. The number of methoxy groups -OCH3 is 1. The number of H-pyrrole nitrogens is 1. The van der Waals surface area contributed by atoms with Crippen LogP contribution in [0.25, 0.3) is 33.5 Å². The van der Waals surface area contributed by atoms with Crippen LogP contribution >= 0.6 is 0 Å². The molecule has 0 atom stereocenters. The number of halogens is 1. The van der Waals surface area contributed by atoms with E-state index < -0.39 is 0 Å². The summed E-state index contributed by atoms with van der Waals surface area (Å²) in [5.41, 5.74) is 4.77. The topological polar surface area (TPSA) is 55.7 Å².